The Labute approximate surface area is 124 Å². The van der Waals surface area contributed by atoms with Gasteiger partial charge >= 0.3 is 0 Å². The molecular formula is C15H19ClN4. The van der Waals surface area contributed by atoms with Crippen LogP contribution in [0.2, 0.25) is 5.02 Å². The fourth-order valence-electron chi connectivity index (χ4n) is 1.99. The molecule has 1 aromatic carbocycles. The van der Waals surface area contributed by atoms with Crippen molar-refractivity contribution in [3.8, 4) is 0 Å². The minimum absolute atomic E-state index is 0.156. The highest BCUT2D eigenvalue weighted by molar-refractivity contribution is 6.30. The quantitative estimate of drug-likeness (QED) is 0.919. The summed E-state index contributed by atoms with van der Waals surface area (Å²) in [4.78, 5) is 10.9. The lowest BCUT2D eigenvalue weighted by Crippen LogP contribution is -2.23. The first-order valence-electron chi connectivity index (χ1n) is 6.55. The normalized spacial score (nSPS) is 12.2. The third-order valence-electron chi connectivity index (χ3n) is 3.30. The highest BCUT2D eigenvalue weighted by Crippen LogP contribution is 2.24. The molecule has 0 aliphatic rings. The minimum atomic E-state index is 0.156. The molecule has 0 saturated heterocycles. The van der Waals surface area contributed by atoms with Gasteiger partial charge < -0.3 is 10.2 Å². The van der Waals surface area contributed by atoms with Gasteiger partial charge in [-0.3, -0.25) is 0 Å². The summed E-state index contributed by atoms with van der Waals surface area (Å²) in [6.07, 6.45) is 3.69. The second-order valence-electron chi connectivity index (χ2n) is 4.76. The van der Waals surface area contributed by atoms with Crippen LogP contribution in [0.15, 0.2) is 36.7 Å². The van der Waals surface area contributed by atoms with E-state index in [0.717, 1.165) is 22.7 Å². The summed E-state index contributed by atoms with van der Waals surface area (Å²) in [6, 6.07) is 8.02. The molecule has 0 spiro atoms. The van der Waals surface area contributed by atoms with Crippen molar-refractivity contribution >= 4 is 17.5 Å². The molecule has 1 N–H and O–H groups in total. The van der Waals surface area contributed by atoms with E-state index >= 15 is 0 Å². The lowest BCUT2D eigenvalue weighted by Gasteiger charge is -2.25. The summed E-state index contributed by atoms with van der Waals surface area (Å²) in [6.45, 7) is 2.88. The zero-order chi connectivity index (χ0) is 14.5. The fraction of sp³-hybridized carbons (Fsp3) is 0.333. The number of rotatable bonds is 5. The summed E-state index contributed by atoms with van der Waals surface area (Å²) < 4.78 is 0. The predicted octanol–water partition coefficient (Wildman–Crippen LogP) is 3.05. The highest BCUT2D eigenvalue weighted by atomic mass is 35.5. The molecule has 0 saturated carbocycles. The van der Waals surface area contributed by atoms with Gasteiger partial charge in [-0.05, 0) is 31.7 Å². The lowest BCUT2D eigenvalue weighted by atomic mass is 10.1. The zero-order valence-corrected chi connectivity index (χ0v) is 12.7. The molecule has 0 radical (unpaired) electrons. The van der Waals surface area contributed by atoms with Crippen molar-refractivity contribution in [3.05, 3.63) is 52.8 Å². The number of anilines is 1. The number of halogens is 1. The van der Waals surface area contributed by atoms with Crippen molar-refractivity contribution < 1.29 is 0 Å². The fourth-order valence-corrected chi connectivity index (χ4v) is 2.19. The van der Waals surface area contributed by atoms with Crippen molar-refractivity contribution in [2.24, 2.45) is 0 Å². The number of nitrogens with zero attached hydrogens (tertiary/aromatic N) is 3. The maximum Gasteiger partial charge on any atom is 0.225 e. The standard InChI is InChI=1S/C15H19ClN4/c1-11(13-5-4-6-14(16)7-13)20(3)15-18-9-12(8-17-2)10-19-15/h4-7,9-11,17H,8H2,1-3H3. The molecule has 106 valence electrons. The largest absolute Gasteiger partial charge is 0.337 e. The average Bonchev–Trinajstić information content (AvgIpc) is 2.47. The maximum atomic E-state index is 6.04. The summed E-state index contributed by atoms with van der Waals surface area (Å²) in [5.74, 6) is 0.706. The number of hydrogen-bond donors (Lipinski definition) is 1. The van der Waals surface area contributed by atoms with Crippen LogP contribution in [0, 0.1) is 0 Å². The monoisotopic (exact) mass is 290 g/mol. The first-order chi connectivity index (χ1) is 9.61. The molecule has 4 nitrogen and oxygen atoms in total. The zero-order valence-electron chi connectivity index (χ0n) is 12.0. The van der Waals surface area contributed by atoms with Gasteiger partial charge in [-0.1, -0.05) is 23.7 Å². The second-order valence-corrected chi connectivity index (χ2v) is 5.20. The van der Waals surface area contributed by atoms with Crippen LogP contribution in [0.4, 0.5) is 5.95 Å². The first kappa shape index (κ1) is 14.8. The molecule has 20 heavy (non-hydrogen) atoms. The summed E-state index contributed by atoms with van der Waals surface area (Å²) >= 11 is 6.04. The van der Waals surface area contributed by atoms with Crippen LogP contribution >= 0.6 is 11.6 Å². The predicted molar refractivity (Wildman–Crippen MR) is 83.1 cm³/mol. The van der Waals surface area contributed by atoms with Crippen molar-refractivity contribution in [1.29, 1.82) is 0 Å². The molecule has 1 unspecified atom stereocenters. The molecule has 0 bridgehead atoms. The molecule has 2 rings (SSSR count). The van der Waals surface area contributed by atoms with Crippen molar-refractivity contribution in [2.75, 3.05) is 19.0 Å². The van der Waals surface area contributed by atoms with E-state index in [9.17, 15) is 0 Å². The van der Waals surface area contributed by atoms with Crippen LogP contribution in [0.25, 0.3) is 0 Å². The molecule has 0 aliphatic heterocycles. The lowest BCUT2D eigenvalue weighted by molar-refractivity contribution is 0.711. The summed E-state index contributed by atoms with van der Waals surface area (Å²) in [7, 11) is 3.89. The van der Waals surface area contributed by atoms with Crippen molar-refractivity contribution in [1.82, 2.24) is 15.3 Å². The Bertz CT molecular complexity index is 556. The van der Waals surface area contributed by atoms with Gasteiger partial charge in [0.2, 0.25) is 5.95 Å². The van der Waals surface area contributed by atoms with Crippen LogP contribution in [0.5, 0.6) is 0 Å². The van der Waals surface area contributed by atoms with E-state index in [1.165, 1.54) is 0 Å². The third kappa shape index (κ3) is 3.46. The Hall–Kier alpha value is -1.65. The SMILES string of the molecule is CNCc1cnc(N(C)C(C)c2cccc(Cl)c2)nc1. The van der Waals surface area contributed by atoms with E-state index in [1.54, 1.807) is 0 Å². The van der Waals surface area contributed by atoms with E-state index in [-0.39, 0.29) is 6.04 Å². The Morgan fingerprint density at radius 3 is 2.60 bits per heavy atom. The Kier molecular flexibility index (Phi) is 4.93. The number of benzene rings is 1. The average molecular weight is 291 g/mol. The molecule has 2 aromatic rings. The van der Waals surface area contributed by atoms with Gasteiger partial charge in [0.25, 0.3) is 0 Å². The van der Waals surface area contributed by atoms with Gasteiger partial charge in [0, 0.05) is 36.6 Å². The molecule has 1 aromatic heterocycles. The number of hydrogen-bond acceptors (Lipinski definition) is 4. The molecule has 0 aliphatic carbocycles. The number of nitrogens with one attached hydrogen (secondary N) is 1. The van der Waals surface area contributed by atoms with Gasteiger partial charge in [0.15, 0.2) is 0 Å². The van der Waals surface area contributed by atoms with Crippen molar-refractivity contribution in [3.63, 3.8) is 0 Å². The second kappa shape index (κ2) is 6.68. The topological polar surface area (TPSA) is 41.1 Å². The van der Waals surface area contributed by atoms with Gasteiger partial charge in [0.1, 0.15) is 0 Å². The number of aromatic nitrogens is 2. The van der Waals surface area contributed by atoms with Gasteiger partial charge in [-0.2, -0.15) is 0 Å². The molecular weight excluding hydrogens is 272 g/mol. The van der Waals surface area contributed by atoms with E-state index in [2.05, 4.69) is 28.3 Å². The van der Waals surface area contributed by atoms with E-state index in [0.29, 0.717) is 5.95 Å². The van der Waals surface area contributed by atoms with Crippen LogP contribution in [-0.2, 0) is 6.54 Å². The Morgan fingerprint density at radius 2 is 2.00 bits per heavy atom. The smallest absolute Gasteiger partial charge is 0.225 e. The Morgan fingerprint density at radius 1 is 1.30 bits per heavy atom. The third-order valence-corrected chi connectivity index (χ3v) is 3.54. The van der Waals surface area contributed by atoms with Crippen LogP contribution in [0.1, 0.15) is 24.1 Å². The van der Waals surface area contributed by atoms with Crippen LogP contribution in [0.3, 0.4) is 0 Å². The minimum Gasteiger partial charge on any atom is -0.337 e. The molecule has 1 heterocycles. The first-order valence-corrected chi connectivity index (χ1v) is 6.93. The van der Waals surface area contributed by atoms with Gasteiger partial charge in [-0.25, -0.2) is 9.97 Å². The van der Waals surface area contributed by atoms with Gasteiger partial charge in [-0.15, -0.1) is 0 Å². The molecule has 1 atom stereocenters. The molecule has 0 amide bonds. The van der Waals surface area contributed by atoms with Gasteiger partial charge in [0.05, 0.1) is 6.04 Å². The molecule has 0 fully saturated rings. The van der Waals surface area contributed by atoms with E-state index < -0.39 is 0 Å². The summed E-state index contributed by atoms with van der Waals surface area (Å²) in [5, 5.41) is 3.82. The van der Waals surface area contributed by atoms with Crippen LogP contribution < -0.4 is 10.2 Å². The summed E-state index contributed by atoms with van der Waals surface area (Å²) in [5.41, 5.74) is 2.21. The van der Waals surface area contributed by atoms with Crippen molar-refractivity contribution in [2.45, 2.75) is 19.5 Å². The van der Waals surface area contributed by atoms with Crippen LogP contribution in [-0.4, -0.2) is 24.1 Å². The van der Waals surface area contributed by atoms with E-state index in [4.69, 9.17) is 11.6 Å². The highest BCUT2D eigenvalue weighted by Gasteiger charge is 2.14. The molecule has 5 heteroatoms. The maximum absolute atomic E-state index is 6.04. The Balaban J connectivity index is 2.15. The van der Waals surface area contributed by atoms with E-state index in [1.807, 2.05) is 49.6 Å².